The van der Waals surface area contributed by atoms with Gasteiger partial charge in [0, 0.05) is 10.7 Å². The van der Waals surface area contributed by atoms with Gasteiger partial charge in [-0.3, -0.25) is 9.69 Å². The molecule has 0 aromatic heterocycles. The van der Waals surface area contributed by atoms with Crippen LogP contribution >= 0.6 is 11.6 Å². The molecule has 1 saturated heterocycles. The fraction of sp³-hybridized carbons (Fsp3) is 0.167. The zero-order chi connectivity index (χ0) is 23.6. The fourth-order valence-corrected chi connectivity index (χ4v) is 3.73. The van der Waals surface area contributed by atoms with Crippen LogP contribution in [-0.2, 0) is 20.5 Å². The second-order valence-corrected chi connectivity index (χ2v) is 7.73. The van der Waals surface area contributed by atoms with E-state index in [0.29, 0.717) is 28.5 Å². The summed E-state index contributed by atoms with van der Waals surface area (Å²) < 4.78 is 50.8. The third-order valence-corrected chi connectivity index (χ3v) is 5.36. The molecule has 0 spiro atoms. The summed E-state index contributed by atoms with van der Waals surface area (Å²) in [5.74, 6) is 0.545. The van der Waals surface area contributed by atoms with Crippen molar-refractivity contribution in [1.29, 1.82) is 0 Å². The van der Waals surface area contributed by atoms with Crippen molar-refractivity contribution in [2.24, 2.45) is 0 Å². The Morgan fingerprint density at radius 1 is 1.00 bits per heavy atom. The Morgan fingerprint density at radius 2 is 1.64 bits per heavy atom. The Hall–Kier alpha value is -3.36. The van der Waals surface area contributed by atoms with E-state index in [0.717, 1.165) is 12.1 Å². The third kappa shape index (κ3) is 5.02. The Morgan fingerprint density at radius 3 is 2.24 bits per heavy atom. The number of benzene rings is 3. The summed E-state index contributed by atoms with van der Waals surface area (Å²) in [5.41, 5.74) is -0.355. The van der Waals surface area contributed by atoms with E-state index in [1.807, 2.05) is 0 Å². The van der Waals surface area contributed by atoms with Gasteiger partial charge in [0.1, 0.15) is 24.2 Å². The van der Waals surface area contributed by atoms with Gasteiger partial charge in [0.15, 0.2) is 6.29 Å². The minimum absolute atomic E-state index is 0.136. The first-order chi connectivity index (χ1) is 15.8. The number of rotatable bonds is 5. The van der Waals surface area contributed by atoms with E-state index >= 15 is 0 Å². The number of carbonyl (C=O) groups is 2. The van der Waals surface area contributed by atoms with E-state index in [9.17, 15) is 22.8 Å². The van der Waals surface area contributed by atoms with Crippen LogP contribution in [0.25, 0.3) is 0 Å². The molecule has 3 aromatic carbocycles. The number of nitrogens with zero attached hydrogens (tertiary/aromatic N) is 1. The molecule has 1 aliphatic rings. The zero-order valence-corrected chi connectivity index (χ0v) is 17.7. The normalized spacial score (nSPS) is 18.8. The molecule has 1 fully saturated rings. The van der Waals surface area contributed by atoms with Gasteiger partial charge in [-0.2, -0.15) is 13.2 Å². The van der Waals surface area contributed by atoms with E-state index < -0.39 is 29.8 Å². The lowest BCUT2D eigenvalue weighted by molar-refractivity contribution is -0.137. The second kappa shape index (κ2) is 9.25. The minimum atomic E-state index is -4.57. The molecule has 2 unspecified atom stereocenters. The molecule has 0 bridgehead atoms. The van der Waals surface area contributed by atoms with Gasteiger partial charge in [-0.1, -0.05) is 23.7 Å². The van der Waals surface area contributed by atoms with E-state index in [-0.39, 0.29) is 12.2 Å². The SMILES string of the molecule is O=CC1OCC(=O)N(c2ccc(Oc3ccc(Cl)cc3)cc2)C1c1cccc(C(F)(F)F)c1. The highest BCUT2D eigenvalue weighted by Gasteiger charge is 2.40. The number of anilines is 1. The van der Waals surface area contributed by atoms with Gasteiger partial charge in [-0.15, -0.1) is 0 Å². The van der Waals surface area contributed by atoms with Crippen molar-refractivity contribution in [2.75, 3.05) is 11.5 Å². The summed E-state index contributed by atoms with van der Waals surface area (Å²) >= 11 is 5.87. The number of hydrogen-bond acceptors (Lipinski definition) is 4. The van der Waals surface area contributed by atoms with Crippen molar-refractivity contribution in [1.82, 2.24) is 0 Å². The van der Waals surface area contributed by atoms with Gasteiger partial charge in [-0.25, -0.2) is 0 Å². The summed E-state index contributed by atoms with van der Waals surface area (Å²) in [6.07, 6.45) is -5.21. The van der Waals surface area contributed by atoms with Gasteiger partial charge < -0.3 is 14.3 Å². The van der Waals surface area contributed by atoms with Crippen molar-refractivity contribution < 1.29 is 32.2 Å². The number of amides is 1. The highest BCUT2D eigenvalue weighted by Crippen LogP contribution is 2.38. The average Bonchev–Trinajstić information content (AvgIpc) is 2.80. The Labute approximate surface area is 192 Å². The lowest BCUT2D eigenvalue weighted by Gasteiger charge is -2.39. The molecule has 1 amide bonds. The molecule has 1 aliphatic heterocycles. The molecule has 0 radical (unpaired) electrons. The minimum Gasteiger partial charge on any atom is -0.457 e. The fourth-order valence-electron chi connectivity index (χ4n) is 3.60. The first-order valence-corrected chi connectivity index (χ1v) is 10.2. The lowest BCUT2D eigenvalue weighted by Crippen LogP contribution is -2.50. The van der Waals surface area contributed by atoms with Crippen molar-refractivity contribution >= 4 is 29.5 Å². The van der Waals surface area contributed by atoms with E-state index in [4.69, 9.17) is 21.1 Å². The van der Waals surface area contributed by atoms with Crippen LogP contribution in [0, 0.1) is 0 Å². The van der Waals surface area contributed by atoms with Gasteiger partial charge in [0.25, 0.3) is 5.91 Å². The van der Waals surface area contributed by atoms with Crippen molar-refractivity contribution in [3.63, 3.8) is 0 Å². The van der Waals surface area contributed by atoms with Crippen LogP contribution in [0.4, 0.5) is 18.9 Å². The number of alkyl halides is 3. The van der Waals surface area contributed by atoms with Crippen LogP contribution in [0.15, 0.2) is 72.8 Å². The van der Waals surface area contributed by atoms with Crippen LogP contribution in [-0.4, -0.2) is 24.9 Å². The molecule has 9 heteroatoms. The quantitative estimate of drug-likeness (QED) is 0.436. The van der Waals surface area contributed by atoms with E-state index in [1.165, 1.54) is 17.0 Å². The highest BCUT2D eigenvalue weighted by atomic mass is 35.5. The number of ether oxygens (including phenoxy) is 2. The summed E-state index contributed by atoms with van der Waals surface area (Å²) in [5, 5.41) is 0.564. The number of hydrogen-bond donors (Lipinski definition) is 0. The number of halogens is 4. The first kappa shape index (κ1) is 22.8. The van der Waals surface area contributed by atoms with Gasteiger partial charge in [0.2, 0.25) is 0 Å². The molecular formula is C24H17ClF3NO4. The first-order valence-electron chi connectivity index (χ1n) is 9.86. The maximum Gasteiger partial charge on any atom is 0.416 e. The van der Waals surface area contributed by atoms with Crippen LogP contribution in [0.2, 0.25) is 5.02 Å². The van der Waals surface area contributed by atoms with E-state index in [2.05, 4.69) is 0 Å². The summed E-state index contributed by atoms with van der Waals surface area (Å²) in [6, 6.07) is 16.6. The average molecular weight is 476 g/mol. The number of carbonyl (C=O) groups excluding carboxylic acids is 2. The van der Waals surface area contributed by atoms with Crippen molar-refractivity contribution in [3.8, 4) is 11.5 Å². The smallest absolute Gasteiger partial charge is 0.416 e. The van der Waals surface area contributed by atoms with Crippen molar-refractivity contribution in [2.45, 2.75) is 18.3 Å². The molecule has 0 aliphatic carbocycles. The molecule has 5 nitrogen and oxygen atoms in total. The lowest BCUT2D eigenvalue weighted by atomic mass is 9.96. The van der Waals surface area contributed by atoms with E-state index in [1.54, 1.807) is 48.5 Å². The third-order valence-electron chi connectivity index (χ3n) is 5.11. The number of morpholine rings is 1. The molecule has 170 valence electrons. The topological polar surface area (TPSA) is 55.8 Å². The number of aldehydes is 1. The molecule has 0 N–H and O–H groups in total. The largest absolute Gasteiger partial charge is 0.457 e. The Kier molecular flexibility index (Phi) is 6.40. The van der Waals surface area contributed by atoms with Crippen LogP contribution in [0.3, 0.4) is 0 Å². The molecule has 4 rings (SSSR count). The maximum atomic E-state index is 13.3. The molecule has 3 aromatic rings. The highest BCUT2D eigenvalue weighted by molar-refractivity contribution is 6.30. The predicted molar refractivity (Wildman–Crippen MR) is 115 cm³/mol. The molecular weight excluding hydrogens is 459 g/mol. The molecule has 2 atom stereocenters. The van der Waals surface area contributed by atoms with Gasteiger partial charge in [-0.05, 0) is 66.2 Å². The van der Waals surface area contributed by atoms with Crippen molar-refractivity contribution in [3.05, 3.63) is 88.9 Å². The summed E-state index contributed by atoms with van der Waals surface area (Å²) in [6.45, 7) is -0.373. The van der Waals surface area contributed by atoms with Gasteiger partial charge in [0.05, 0.1) is 11.6 Å². The van der Waals surface area contributed by atoms with Crippen LogP contribution in [0.5, 0.6) is 11.5 Å². The Balaban J connectivity index is 1.67. The molecule has 0 saturated carbocycles. The zero-order valence-electron chi connectivity index (χ0n) is 17.0. The summed E-state index contributed by atoms with van der Waals surface area (Å²) in [4.78, 5) is 25.7. The van der Waals surface area contributed by atoms with Crippen LogP contribution < -0.4 is 9.64 Å². The monoisotopic (exact) mass is 475 g/mol. The summed E-state index contributed by atoms with van der Waals surface area (Å²) in [7, 11) is 0. The maximum absolute atomic E-state index is 13.3. The molecule has 1 heterocycles. The molecule has 33 heavy (non-hydrogen) atoms. The predicted octanol–water partition coefficient (Wildman–Crippen LogP) is 5.82. The van der Waals surface area contributed by atoms with Gasteiger partial charge >= 0.3 is 6.18 Å². The van der Waals surface area contributed by atoms with Crippen LogP contribution in [0.1, 0.15) is 17.2 Å². The standard InChI is InChI=1S/C24H17ClF3NO4/c25-17-4-8-19(9-5-17)33-20-10-6-18(7-11-20)29-22(31)14-32-21(13-30)23(29)15-2-1-3-16(12-15)24(26,27)28/h1-13,21,23H,14H2. The Bertz CT molecular complexity index is 1150. The second-order valence-electron chi connectivity index (χ2n) is 7.29.